The number of thiophene rings is 1. The Labute approximate surface area is 175 Å². The van der Waals surface area contributed by atoms with E-state index in [-0.39, 0.29) is 0 Å². The summed E-state index contributed by atoms with van der Waals surface area (Å²) in [5.41, 5.74) is 5.94. The van der Waals surface area contributed by atoms with Crippen molar-refractivity contribution in [2.75, 3.05) is 10.6 Å². The SMILES string of the molecule is Cc1cccc(Nc2nc(Nc3cccc(C)c3)c3c4c(sc3n2)CCCC4)c1. The molecule has 0 bridgehead atoms. The van der Waals surface area contributed by atoms with Crippen LogP contribution in [-0.2, 0) is 12.8 Å². The van der Waals surface area contributed by atoms with Gasteiger partial charge in [-0.1, -0.05) is 24.3 Å². The van der Waals surface area contributed by atoms with E-state index in [0.29, 0.717) is 5.95 Å². The van der Waals surface area contributed by atoms with Crippen molar-refractivity contribution >= 4 is 44.7 Å². The number of rotatable bonds is 4. The zero-order valence-electron chi connectivity index (χ0n) is 16.7. The highest BCUT2D eigenvalue weighted by molar-refractivity contribution is 7.19. The topological polar surface area (TPSA) is 49.8 Å². The molecular formula is C24H24N4S. The lowest BCUT2D eigenvalue weighted by atomic mass is 9.97. The molecule has 5 rings (SSSR count). The molecule has 29 heavy (non-hydrogen) atoms. The molecule has 2 N–H and O–H groups in total. The molecule has 0 radical (unpaired) electrons. The fourth-order valence-corrected chi connectivity index (χ4v) is 5.28. The summed E-state index contributed by atoms with van der Waals surface area (Å²) >= 11 is 1.82. The van der Waals surface area contributed by atoms with Gasteiger partial charge in [0.2, 0.25) is 5.95 Å². The molecule has 0 spiro atoms. The van der Waals surface area contributed by atoms with Crippen LogP contribution in [0.1, 0.15) is 34.4 Å². The average molecular weight is 401 g/mol. The third kappa shape index (κ3) is 3.70. The third-order valence-electron chi connectivity index (χ3n) is 5.37. The average Bonchev–Trinajstić information content (AvgIpc) is 3.06. The molecule has 5 heteroatoms. The summed E-state index contributed by atoms with van der Waals surface area (Å²) < 4.78 is 0. The maximum absolute atomic E-state index is 4.90. The van der Waals surface area contributed by atoms with Crippen LogP contribution in [0.15, 0.2) is 48.5 Å². The van der Waals surface area contributed by atoms with Crippen LogP contribution in [0.3, 0.4) is 0 Å². The van der Waals surface area contributed by atoms with Crippen LogP contribution in [0, 0.1) is 13.8 Å². The van der Waals surface area contributed by atoms with E-state index in [0.717, 1.165) is 34.9 Å². The van der Waals surface area contributed by atoms with Gasteiger partial charge in [0.25, 0.3) is 0 Å². The van der Waals surface area contributed by atoms with Crippen LogP contribution in [0.4, 0.5) is 23.1 Å². The summed E-state index contributed by atoms with van der Waals surface area (Å²) in [6, 6.07) is 16.7. The molecule has 0 saturated carbocycles. The smallest absolute Gasteiger partial charge is 0.230 e. The van der Waals surface area contributed by atoms with Gasteiger partial charge < -0.3 is 10.6 Å². The molecule has 0 fully saturated rings. The normalized spacial score (nSPS) is 13.3. The van der Waals surface area contributed by atoms with E-state index in [4.69, 9.17) is 9.97 Å². The first-order valence-electron chi connectivity index (χ1n) is 10.2. The summed E-state index contributed by atoms with van der Waals surface area (Å²) in [7, 11) is 0. The number of hydrogen-bond acceptors (Lipinski definition) is 5. The second-order valence-electron chi connectivity index (χ2n) is 7.78. The highest BCUT2D eigenvalue weighted by Gasteiger charge is 2.21. The van der Waals surface area contributed by atoms with Crippen molar-refractivity contribution in [1.29, 1.82) is 0 Å². The first kappa shape index (κ1) is 18.1. The molecule has 1 aliphatic rings. The van der Waals surface area contributed by atoms with Crippen molar-refractivity contribution in [3.8, 4) is 0 Å². The highest BCUT2D eigenvalue weighted by atomic mass is 32.1. The second kappa shape index (κ2) is 7.48. The summed E-state index contributed by atoms with van der Waals surface area (Å²) in [5, 5.41) is 8.17. The molecular weight excluding hydrogens is 376 g/mol. The Morgan fingerprint density at radius 3 is 2.24 bits per heavy atom. The molecule has 0 aliphatic heterocycles. The quantitative estimate of drug-likeness (QED) is 0.401. The van der Waals surface area contributed by atoms with Gasteiger partial charge in [-0.25, -0.2) is 4.98 Å². The maximum Gasteiger partial charge on any atom is 0.230 e. The Morgan fingerprint density at radius 1 is 0.828 bits per heavy atom. The standard InChI is InChI=1S/C24H24N4S/c1-15-7-5-9-17(13-15)25-22-21-19-11-3-4-12-20(19)29-23(21)28-24(27-22)26-18-10-6-8-16(2)14-18/h5-10,13-14H,3-4,11-12H2,1-2H3,(H2,25,26,27,28). The Bertz CT molecular complexity index is 1190. The predicted molar refractivity (Wildman–Crippen MR) is 123 cm³/mol. The van der Waals surface area contributed by atoms with E-state index in [2.05, 4.69) is 60.9 Å². The molecule has 0 atom stereocenters. The van der Waals surface area contributed by atoms with Crippen molar-refractivity contribution in [2.24, 2.45) is 0 Å². The Hall–Kier alpha value is -2.92. The lowest BCUT2D eigenvalue weighted by molar-refractivity contribution is 0.700. The van der Waals surface area contributed by atoms with E-state index < -0.39 is 0 Å². The predicted octanol–water partition coefficient (Wildman–Crippen LogP) is 6.67. The molecule has 0 amide bonds. The number of anilines is 4. The molecule has 0 saturated heterocycles. The number of nitrogens with zero attached hydrogens (tertiary/aromatic N) is 2. The van der Waals surface area contributed by atoms with Gasteiger partial charge in [-0.15, -0.1) is 11.3 Å². The van der Waals surface area contributed by atoms with Crippen molar-refractivity contribution in [1.82, 2.24) is 9.97 Å². The Kier molecular flexibility index (Phi) is 4.68. The molecule has 0 unspecified atom stereocenters. The van der Waals surface area contributed by atoms with Gasteiger partial charge in [0.1, 0.15) is 10.6 Å². The van der Waals surface area contributed by atoms with E-state index >= 15 is 0 Å². The number of aromatic nitrogens is 2. The highest BCUT2D eigenvalue weighted by Crippen LogP contribution is 2.40. The second-order valence-corrected chi connectivity index (χ2v) is 8.86. The van der Waals surface area contributed by atoms with Gasteiger partial charge in [-0.2, -0.15) is 4.98 Å². The van der Waals surface area contributed by atoms with Gasteiger partial charge in [0.15, 0.2) is 0 Å². The van der Waals surface area contributed by atoms with Crippen LogP contribution < -0.4 is 10.6 Å². The lowest BCUT2D eigenvalue weighted by Gasteiger charge is -2.14. The van der Waals surface area contributed by atoms with Crippen LogP contribution in [0.25, 0.3) is 10.2 Å². The fraction of sp³-hybridized carbons (Fsp3) is 0.250. The van der Waals surface area contributed by atoms with Gasteiger partial charge in [-0.3, -0.25) is 0 Å². The Balaban J connectivity index is 1.62. The third-order valence-corrected chi connectivity index (χ3v) is 6.56. The molecule has 2 heterocycles. The fourth-order valence-electron chi connectivity index (χ4n) is 4.02. The first-order chi connectivity index (χ1) is 14.2. The number of benzene rings is 2. The molecule has 4 aromatic rings. The van der Waals surface area contributed by atoms with Crippen LogP contribution in [0.2, 0.25) is 0 Å². The van der Waals surface area contributed by atoms with Crippen LogP contribution >= 0.6 is 11.3 Å². The Morgan fingerprint density at radius 2 is 1.52 bits per heavy atom. The van der Waals surface area contributed by atoms with E-state index in [1.165, 1.54) is 39.8 Å². The summed E-state index contributed by atoms with van der Waals surface area (Å²) in [5.74, 6) is 1.53. The maximum atomic E-state index is 4.90. The summed E-state index contributed by atoms with van der Waals surface area (Å²) in [4.78, 5) is 12.3. The van der Waals surface area contributed by atoms with Gasteiger partial charge in [0, 0.05) is 16.3 Å². The zero-order chi connectivity index (χ0) is 19.8. The van der Waals surface area contributed by atoms with Crippen molar-refractivity contribution < 1.29 is 0 Å². The number of nitrogens with one attached hydrogen (secondary N) is 2. The lowest BCUT2D eigenvalue weighted by Crippen LogP contribution is -2.04. The van der Waals surface area contributed by atoms with Crippen LogP contribution in [-0.4, -0.2) is 9.97 Å². The minimum Gasteiger partial charge on any atom is -0.340 e. The van der Waals surface area contributed by atoms with Crippen LogP contribution in [0.5, 0.6) is 0 Å². The largest absolute Gasteiger partial charge is 0.340 e. The first-order valence-corrected chi connectivity index (χ1v) is 11.0. The molecule has 4 nitrogen and oxygen atoms in total. The number of fused-ring (bicyclic) bond motifs is 3. The minimum atomic E-state index is 0.636. The number of hydrogen-bond donors (Lipinski definition) is 2. The van der Waals surface area contributed by atoms with E-state index in [9.17, 15) is 0 Å². The van der Waals surface area contributed by atoms with E-state index in [1.807, 2.05) is 23.5 Å². The molecule has 2 aromatic heterocycles. The monoisotopic (exact) mass is 400 g/mol. The van der Waals surface area contributed by atoms with Crippen molar-refractivity contribution in [3.05, 3.63) is 70.1 Å². The minimum absolute atomic E-state index is 0.636. The van der Waals surface area contributed by atoms with Crippen molar-refractivity contribution in [2.45, 2.75) is 39.5 Å². The zero-order valence-corrected chi connectivity index (χ0v) is 17.6. The van der Waals surface area contributed by atoms with Gasteiger partial charge in [0.05, 0.1) is 5.39 Å². The summed E-state index contributed by atoms with van der Waals surface area (Å²) in [6.45, 7) is 4.20. The van der Waals surface area contributed by atoms with E-state index in [1.54, 1.807) is 0 Å². The number of aryl methyl sites for hydroxylation is 4. The summed E-state index contributed by atoms with van der Waals surface area (Å²) in [6.07, 6.45) is 4.78. The van der Waals surface area contributed by atoms with Crippen molar-refractivity contribution in [3.63, 3.8) is 0 Å². The van der Waals surface area contributed by atoms with Gasteiger partial charge >= 0.3 is 0 Å². The molecule has 146 valence electrons. The molecule has 2 aromatic carbocycles. The van der Waals surface area contributed by atoms with Gasteiger partial charge in [-0.05, 0) is 80.5 Å². The molecule has 1 aliphatic carbocycles.